The van der Waals surface area contributed by atoms with Crippen molar-refractivity contribution >= 4 is 0 Å². The molecular formula is C8H17NO. The first-order chi connectivity index (χ1) is 4.84. The molecule has 1 heterocycles. The van der Waals surface area contributed by atoms with E-state index in [1.54, 1.807) is 0 Å². The van der Waals surface area contributed by atoms with E-state index in [0.29, 0.717) is 0 Å². The van der Waals surface area contributed by atoms with Gasteiger partial charge in [0, 0.05) is 19.2 Å². The summed E-state index contributed by atoms with van der Waals surface area (Å²) in [6.45, 7) is 5.20. The summed E-state index contributed by atoms with van der Waals surface area (Å²) < 4.78 is 5.36. The monoisotopic (exact) mass is 143 g/mol. The van der Waals surface area contributed by atoms with Crippen molar-refractivity contribution in [3.63, 3.8) is 0 Å². The van der Waals surface area contributed by atoms with Crippen molar-refractivity contribution in [3.05, 3.63) is 0 Å². The molecule has 60 valence electrons. The van der Waals surface area contributed by atoms with Crippen molar-refractivity contribution in [1.29, 1.82) is 0 Å². The van der Waals surface area contributed by atoms with Crippen LogP contribution in [0.5, 0.6) is 0 Å². The van der Waals surface area contributed by atoms with Gasteiger partial charge in [0.05, 0.1) is 6.61 Å². The Morgan fingerprint density at radius 2 is 2.30 bits per heavy atom. The van der Waals surface area contributed by atoms with Crippen LogP contribution in [0, 0.1) is 0 Å². The number of ether oxygens (including phenoxy) is 1. The van der Waals surface area contributed by atoms with Gasteiger partial charge in [0.1, 0.15) is 0 Å². The predicted molar refractivity (Wildman–Crippen MR) is 42.1 cm³/mol. The fraction of sp³-hybridized carbons (Fsp3) is 1.00. The number of hydrogen-bond donors (Lipinski definition) is 0. The first kappa shape index (κ1) is 8.02. The quantitative estimate of drug-likeness (QED) is 0.545. The molecule has 0 aromatic carbocycles. The number of hydrogen-bond acceptors (Lipinski definition) is 2. The van der Waals surface area contributed by atoms with Gasteiger partial charge in [-0.25, -0.2) is 0 Å². The lowest BCUT2D eigenvalue weighted by atomic mass is 10.1. The van der Waals surface area contributed by atoms with E-state index in [1.807, 2.05) is 0 Å². The van der Waals surface area contributed by atoms with E-state index in [9.17, 15) is 0 Å². The Morgan fingerprint density at radius 1 is 1.50 bits per heavy atom. The van der Waals surface area contributed by atoms with E-state index in [1.165, 1.54) is 12.8 Å². The van der Waals surface area contributed by atoms with Gasteiger partial charge in [-0.05, 0) is 19.9 Å². The summed E-state index contributed by atoms with van der Waals surface area (Å²) in [5.41, 5.74) is 0. The summed E-state index contributed by atoms with van der Waals surface area (Å²) in [5.74, 6) is 0. The standard InChI is InChI=1S/C8H17NO/c1-3-8-4-6-10-7-5-9(8)2/h8H,3-7H2,1-2H3. The summed E-state index contributed by atoms with van der Waals surface area (Å²) in [5, 5.41) is 0. The highest BCUT2D eigenvalue weighted by molar-refractivity contribution is 4.68. The van der Waals surface area contributed by atoms with Gasteiger partial charge < -0.3 is 9.64 Å². The first-order valence-electron chi connectivity index (χ1n) is 4.12. The van der Waals surface area contributed by atoms with Crippen molar-refractivity contribution in [2.75, 3.05) is 26.8 Å². The van der Waals surface area contributed by atoms with E-state index in [2.05, 4.69) is 18.9 Å². The number of nitrogens with zero attached hydrogens (tertiary/aromatic N) is 1. The number of likely N-dealkylation sites (N-methyl/N-ethyl adjacent to an activating group) is 1. The smallest absolute Gasteiger partial charge is 0.0593 e. The molecule has 1 atom stereocenters. The van der Waals surface area contributed by atoms with Crippen LogP contribution in [0.1, 0.15) is 19.8 Å². The Labute approximate surface area is 63.2 Å². The molecular weight excluding hydrogens is 126 g/mol. The number of rotatable bonds is 1. The molecule has 0 N–H and O–H groups in total. The minimum absolute atomic E-state index is 0.752. The average molecular weight is 143 g/mol. The van der Waals surface area contributed by atoms with Crippen molar-refractivity contribution in [3.8, 4) is 0 Å². The largest absolute Gasteiger partial charge is 0.380 e. The molecule has 0 radical (unpaired) electrons. The molecule has 0 spiro atoms. The van der Waals surface area contributed by atoms with Crippen LogP contribution in [0.25, 0.3) is 0 Å². The Morgan fingerprint density at radius 3 is 3.00 bits per heavy atom. The third-order valence-corrected chi connectivity index (χ3v) is 2.28. The van der Waals surface area contributed by atoms with Crippen LogP contribution in [0.15, 0.2) is 0 Å². The Kier molecular flexibility index (Phi) is 3.16. The van der Waals surface area contributed by atoms with Crippen LogP contribution in [0.2, 0.25) is 0 Å². The van der Waals surface area contributed by atoms with Crippen LogP contribution in [0.3, 0.4) is 0 Å². The van der Waals surface area contributed by atoms with Crippen molar-refractivity contribution < 1.29 is 4.74 Å². The van der Waals surface area contributed by atoms with Gasteiger partial charge >= 0.3 is 0 Å². The van der Waals surface area contributed by atoms with Crippen LogP contribution < -0.4 is 0 Å². The Bertz CT molecular complexity index is 95.3. The van der Waals surface area contributed by atoms with Crippen molar-refractivity contribution in [2.24, 2.45) is 0 Å². The second-order valence-corrected chi connectivity index (χ2v) is 2.94. The minimum atomic E-state index is 0.752. The Balaban J connectivity index is 2.35. The zero-order valence-corrected chi connectivity index (χ0v) is 6.97. The molecule has 2 heteroatoms. The van der Waals surface area contributed by atoms with Gasteiger partial charge in [0.25, 0.3) is 0 Å². The maximum atomic E-state index is 5.36. The van der Waals surface area contributed by atoms with Gasteiger partial charge in [-0.1, -0.05) is 6.92 Å². The SMILES string of the molecule is CCC1CCOCCN1C. The predicted octanol–water partition coefficient (Wildman–Crippen LogP) is 1.12. The lowest BCUT2D eigenvalue weighted by Gasteiger charge is -2.22. The van der Waals surface area contributed by atoms with E-state index in [0.717, 1.165) is 25.8 Å². The second-order valence-electron chi connectivity index (χ2n) is 2.94. The lowest BCUT2D eigenvalue weighted by Crippen LogP contribution is -2.31. The Hall–Kier alpha value is -0.0800. The maximum Gasteiger partial charge on any atom is 0.0593 e. The molecule has 1 rings (SSSR count). The molecule has 0 saturated carbocycles. The molecule has 1 unspecified atom stereocenters. The second kappa shape index (κ2) is 3.94. The minimum Gasteiger partial charge on any atom is -0.380 e. The third kappa shape index (κ3) is 1.96. The van der Waals surface area contributed by atoms with Crippen LogP contribution in [-0.2, 0) is 4.74 Å². The van der Waals surface area contributed by atoms with Gasteiger partial charge in [-0.3, -0.25) is 0 Å². The summed E-state index contributed by atoms with van der Waals surface area (Å²) in [6, 6.07) is 0.752. The van der Waals surface area contributed by atoms with Gasteiger partial charge in [-0.15, -0.1) is 0 Å². The zero-order valence-electron chi connectivity index (χ0n) is 6.97. The molecule has 1 aliphatic heterocycles. The summed E-state index contributed by atoms with van der Waals surface area (Å²) in [6.07, 6.45) is 2.45. The van der Waals surface area contributed by atoms with Crippen molar-refractivity contribution in [1.82, 2.24) is 4.90 Å². The normalized spacial score (nSPS) is 30.0. The van der Waals surface area contributed by atoms with Crippen LogP contribution >= 0.6 is 0 Å². The van der Waals surface area contributed by atoms with E-state index >= 15 is 0 Å². The lowest BCUT2D eigenvalue weighted by molar-refractivity contribution is 0.144. The molecule has 1 fully saturated rings. The van der Waals surface area contributed by atoms with E-state index in [-0.39, 0.29) is 0 Å². The molecule has 0 aromatic rings. The summed E-state index contributed by atoms with van der Waals surface area (Å²) >= 11 is 0. The molecule has 10 heavy (non-hydrogen) atoms. The average Bonchev–Trinajstić information content (AvgIpc) is 2.13. The summed E-state index contributed by atoms with van der Waals surface area (Å²) in [7, 11) is 2.18. The topological polar surface area (TPSA) is 12.5 Å². The highest BCUT2D eigenvalue weighted by Crippen LogP contribution is 2.09. The fourth-order valence-electron chi connectivity index (χ4n) is 1.45. The molecule has 2 nitrogen and oxygen atoms in total. The van der Waals surface area contributed by atoms with Crippen LogP contribution in [-0.4, -0.2) is 37.7 Å². The summed E-state index contributed by atoms with van der Waals surface area (Å²) in [4.78, 5) is 2.40. The van der Waals surface area contributed by atoms with Gasteiger partial charge in [-0.2, -0.15) is 0 Å². The maximum absolute atomic E-state index is 5.36. The van der Waals surface area contributed by atoms with E-state index in [4.69, 9.17) is 4.74 Å². The van der Waals surface area contributed by atoms with Gasteiger partial charge in [0.2, 0.25) is 0 Å². The van der Waals surface area contributed by atoms with Crippen LogP contribution in [0.4, 0.5) is 0 Å². The highest BCUT2D eigenvalue weighted by Gasteiger charge is 2.14. The van der Waals surface area contributed by atoms with E-state index < -0.39 is 0 Å². The highest BCUT2D eigenvalue weighted by atomic mass is 16.5. The molecule has 0 aromatic heterocycles. The van der Waals surface area contributed by atoms with Gasteiger partial charge in [0.15, 0.2) is 0 Å². The molecule has 0 bridgehead atoms. The first-order valence-corrected chi connectivity index (χ1v) is 4.12. The van der Waals surface area contributed by atoms with Crippen molar-refractivity contribution in [2.45, 2.75) is 25.8 Å². The molecule has 0 amide bonds. The zero-order chi connectivity index (χ0) is 7.40. The third-order valence-electron chi connectivity index (χ3n) is 2.28. The molecule has 0 aliphatic carbocycles. The molecule has 1 aliphatic rings. The fourth-order valence-corrected chi connectivity index (χ4v) is 1.45. The molecule has 1 saturated heterocycles.